The second kappa shape index (κ2) is 14.1. The van der Waals surface area contributed by atoms with Crippen molar-refractivity contribution in [3.63, 3.8) is 0 Å². The molecule has 0 saturated carbocycles. The maximum Gasteiger partial charge on any atom is 0.164 e. The largest absolute Gasteiger partial charge is 0.208 e. The van der Waals surface area contributed by atoms with Crippen molar-refractivity contribution in [1.82, 2.24) is 15.0 Å². The molecule has 0 unspecified atom stereocenters. The van der Waals surface area contributed by atoms with E-state index < -0.39 is 0 Å². The molecule has 0 saturated heterocycles. The van der Waals surface area contributed by atoms with Gasteiger partial charge in [-0.3, -0.25) is 0 Å². The van der Waals surface area contributed by atoms with Gasteiger partial charge in [-0.1, -0.05) is 176 Å². The summed E-state index contributed by atoms with van der Waals surface area (Å²) in [5, 5.41) is 2.63. The molecule has 2 heterocycles. The van der Waals surface area contributed by atoms with Gasteiger partial charge in [0.25, 0.3) is 0 Å². The molecule has 0 aliphatic heterocycles. The first-order chi connectivity index (χ1) is 27.2. The Hall–Kier alpha value is -7.01. The Morgan fingerprint density at radius 1 is 0.273 bits per heavy atom. The SMILES string of the molecule is c1ccc(-c2cccc(-c3nc(-c4ccc(-c5cccc(-c6cccc7sc8ccccc8c67)c5)cc4)nc(-c4ccccc4-c4ccccc4)n3)c2)cc1. The number of hydrogen-bond donors (Lipinski definition) is 0. The zero-order valence-electron chi connectivity index (χ0n) is 29.8. The van der Waals surface area contributed by atoms with Crippen LogP contribution in [-0.4, -0.2) is 15.0 Å². The van der Waals surface area contributed by atoms with Gasteiger partial charge in [0.15, 0.2) is 17.5 Å². The molecule has 0 aliphatic rings. The van der Waals surface area contributed by atoms with Crippen molar-refractivity contribution in [3.8, 4) is 78.7 Å². The summed E-state index contributed by atoms with van der Waals surface area (Å²) in [7, 11) is 0. The highest BCUT2D eigenvalue weighted by Crippen LogP contribution is 2.41. The van der Waals surface area contributed by atoms with Crippen molar-refractivity contribution in [1.29, 1.82) is 0 Å². The summed E-state index contributed by atoms with van der Waals surface area (Å²) in [6, 6.07) is 70.4. The van der Waals surface area contributed by atoms with E-state index in [0.717, 1.165) is 50.1 Å². The highest BCUT2D eigenvalue weighted by atomic mass is 32.1. The van der Waals surface area contributed by atoms with Crippen LogP contribution in [0.1, 0.15) is 0 Å². The molecule has 10 rings (SSSR count). The summed E-state index contributed by atoms with van der Waals surface area (Å²) in [5.41, 5.74) is 12.0. The van der Waals surface area contributed by atoms with E-state index in [9.17, 15) is 0 Å². The lowest BCUT2D eigenvalue weighted by Crippen LogP contribution is -2.01. The molecule has 8 aromatic carbocycles. The number of thiophene rings is 1. The minimum absolute atomic E-state index is 0.629. The Bertz CT molecular complexity index is 2970. The lowest BCUT2D eigenvalue weighted by atomic mass is 9.95. The van der Waals surface area contributed by atoms with Crippen LogP contribution in [0.4, 0.5) is 0 Å². The van der Waals surface area contributed by atoms with Crippen LogP contribution in [0.5, 0.6) is 0 Å². The summed E-state index contributed by atoms with van der Waals surface area (Å²) < 4.78 is 2.62. The second-order valence-electron chi connectivity index (χ2n) is 13.6. The third-order valence-corrected chi connectivity index (χ3v) is 11.3. The molecule has 4 heteroatoms. The van der Waals surface area contributed by atoms with E-state index in [0.29, 0.717) is 17.5 Å². The zero-order valence-corrected chi connectivity index (χ0v) is 30.6. The standard InChI is InChI=1S/C51H33N3S/c1-3-14-34(15-4-1)39-19-12-21-41(33-39)50-52-49(53-51(54-50)44-23-8-7-22-42(44)36-16-5-2-6-17-36)37-30-28-35(29-31-37)38-18-11-20-40(32-38)43-25-13-27-47-48(43)45-24-9-10-26-46(45)55-47/h1-33H. The van der Waals surface area contributed by atoms with Gasteiger partial charge in [0.2, 0.25) is 0 Å². The maximum absolute atomic E-state index is 5.15. The van der Waals surface area contributed by atoms with Gasteiger partial charge in [0.1, 0.15) is 0 Å². The average Bonchev–Trinajstić information content (AvgIpc) is 3.66. The van der Waals surface area contributed by atoms with Gasteiger partial charge in [-0.25, -0.2) is 15.0 Å². The molecule has 0 spiro atoms. The number of benzene rings is 8. The van der Waals surface area contributed by atoms with Crippen molar-refractivity contribution in [3.05, 3.63) is 200 Å². The molecule has 258 valence electrons. The normalized spacial score (nSPS) is 11.3. The van der Waals surface area contributed by atoms with Crippen molar-refractivity contribution in [2.75, 3.05) is 0 Å². The van der Waals surface area contributed by atoms with E-state index in [1.165, 1.54) is 31.3 Å². The fourth-order valence-electron chi connectivity index (χ4n) is 7.46. The molecule has 0 fully saturated rings. The summed E-state index contributed by atoms with van der Waals surface area (Å²) in [5.74, 6) is 1.90. The zero-order chi connectivity index (χ0) is 36.6. The van der Waals surface area contributed by atoms with Crippen molar-refractivity contribution >= 4 is 31.5 Å². The number of fused-ring (bicyclic) bond motifs is 3. The Morgan fingerprint density at radius 3 is 1.51 bits per heavy atom. The van der Waals surface area contributed by atoms with Crippen LogP contribution < -0.4 is 0 Å². The first kappa shape index (κ1) is 32.6. The van der Waals surface area contributed by atoms with Gasteiger partial charge in [0.05, 0.1) is 0 Å². The number of hydrogen-bond acceptors (Lipinski definition) is 4. The third-order valence-electron chi connectivity index (χ3n) is 10.2. The van der Waals surface area contributed by atoms with Gasteiger partial charge in [-0.2, -0.15) is 0 Å². The first-order valence-corrected chi connectivity index (χ1v) is 19.3. The molecular formula is C51H33N3S. The quantitative estimate of drug-likeness (QED) is 0.165. The van der Waals surface area contributed by atoms with Crippen LogP contribution in [0.15, 0.2) is 200 Å². The molecule has 10 aromatic rings. The molecule has 0 N–H and O–H groups in total. The molecule has 55 heavy (non-hydrogen) atoms. The van der Waals surface area contributed by atoms with Gasteiger partial charge in [0, 0.05) is 36.9 Å². The summed E-state index contributed by atoms with van der Waals surface area (Å²) >= 11 is 1.85. The molecule has 0 radical (unpaired) electrons. The molecule has 0 aliphatic carbocycles. The topological polar surface area (TPSA) is 38.7 Å². The first-order valence-electron chi connectivity index (χ1n) is 18.4. The van der Waals surface area contributed by atoms with Crippen LogP contribution in [0.3, 0.4) is 0 Å². The Labute approximate surface area is 323 Å². The smallest absolute Gasteiger partial charge is 0.164 e. The fraction of sp³-hybridized carbons (Fsp3) is 0. The van der Waals surface area contributed by atoms with E-state index in [2.05, 4.69) is 182 Å². The average molecular weight is 720 g/mol. The van der Waals surface area contributed by atoms with Crippen LogP contribution in [0, 0.1) is 0 Å². The lowest BCUT2D eigenvalue weighted by molar-refractivity contribution is 1.07. The van der Waals surface area contributed by atoms with Crippen molar-refractivity contribution < 1.29 is 0 Å². The minimum atomic E-state index is 0.629. The number of rotatable bonds is 7. The monoisotopic (exact) mass is 719 g/mol. The molecule has 0 amide bonds. The second-order valence-corrected chi connectivity index (χ2v) is 14.7. The molecule has 2 aromatic heterocycles. The van der Waals surface area contributed by atoms with E-state index in [1.807, 2.05) is 29.5 Å². The highest BCUT2D eigenvalue weighted by Gasteiger charge is 2.17. The maximum atomic E-state index is 5.15. The van der Waals surface area contributed by atoms with Gasteiger partial charge in [-0.05, 0) is 68.8 Å². The van der Waals surface area contributed by atoms with Gasteiger partial charge < -0.3 is 0 Å². The van der Waals surface area contributed by atoms with E-state index in [-0.39, 0.29) is 0 Å². The van der Waals surface area contributed by atoms with Crippen LogP contribution in [0.2, 0.25) is 0 Å². The lowest BCUT2D eigenvalue weighted by Gasteiger charge is -2.13. The highest BCUT2D eigenvalue weighted by molar-refractivity contribution is 7.25. The minimum Gasteiger partial charge on any atom is -0.208 e. The van der Waals surface area contributed by atoms with E-state index in [4.69, 9.17) is 15.0 Å². The van der Waals surface area contributed by atoms with E-state index >= 15 is 0 Å². The van der Waals surface area contributed by atoms with Crippen molar-refractivity contribution in [2.24, 2.45) is 0 Å². The van der Waals surface area contributed by atoms with E-state index in [1.54, 1.807) is 0 Å². The number of aromatic nitrogens is 3. The summed E-state index contributed by atoms with van der Waals surface area (Å²) in [6.45, 7) is 0. The molecule has 0 bridgehead atoms. The van der Waals surface area contributed by atoms with Crippen LogP contribution in [0.25, 0.3) is 98.8 Å². The predicted octanol–water partition coefficient (Wildman–Crippen LogP) is 13.9. The van der Waals surface area contributed by atoms with Crippen LogP contribution in [-0.2, 0) is 0 Å². The molecule has 3 nitrogen and oxygen atoms in total. The van der Waals surface area contributed by atoms with Gasteiger partial charge in [-0.15, -0.1) is 11.3 Å². The Balaban J connectivity index is 1.06. The molecule has 0 atom stereocenters. The third kappa shape index (κ3) is 6.29. The van der Waals surface area contributed by atoms with Crippen molar-refractivity contribution in [2.45, 2.75) is 0 Å². The fourth-order valence-corrected chi connectivity index (χ4v) is 8.60. The van der Waals surface area contributed by atoms with Crippen LogP contribution >= 0.6 is 11.3 Å². The molecular weight excluding hydrogens is 687 g/mol. The Morgan fingerprint density at radius 2 is 0.745 bits per heavy atom. The van der Waals surface area contributed by atoms with Gasteiger partial charge >= 0.3 is 0 Å². The predicted molar refractivity (Wildman–Crippen MR) is 231 cm³/mol. The number of nitrogens with zero attached hydrogens (tertiary/aromatic N) is 3. The summed E-state index contributed by atoms with van der Waals surface area (Å²) in [4.78, 5) is 15.4. The summed E-state index contributed by atoms with van der Waals surface area (Å²) in [6.07, 6.45) is 0. The Kier molecular flexibility index (Phi) is 8.36.